The highest BCUT2D eigenvalue weighted by Crippen LogP contribution is 1.97. The molecule has 12 heavy (non-hydrogen) atoms. The van der Waals surface area contributed by atoms with Gasteiger partial charge in [0.2, 0.25) is 5.89 Å². The summed E-state index contributed by atoms with van der Waals surface area (Å²) in [5.41, 5.74) is 0. The molecule has 1 heterocycles. The van der Waals surface area contributed by atoms with Crippen LogP contribution in [-0.2, 0) is 12.8 Å². The van der Waals surface area contributed by atoms with E-state index in [0.717, 1.165) is 13.0 Å². The number of hydrogen-bond acceptors (Lipinski definition) is 5. The minimum Gasteiger partial charge on any atom is -0.396 e. The van der Waals surface area contributed by atoms with Gasteiger partial charge in [-0.05, 0) is 7.05 Å². The van der Waals surface area contributed by atoms with Crippen LogP contribution in [0.4, 0.5) is 0 Å². The second-order valence-corrected chi connectivity index (χ2v) is 2.43. The predicted molar refractivity (Wildman–Crippen MR) is 42.7 cm³/mol. The van der Waals surface area contributed by atoms with Gasteiger partial charge in [0, 0.05) is 13.0 Å². The molecule has 1 rings (SSSR count). The van der Waals surface area contributed by atoms with Crippen LogP contribution >= 0.6 is 0 Å². The third-order valence-electron chi connectivity index (χ3n) is 1.43. The molecule has 0 aliphatic carbocycles. The van der Waals surface area contributed by atoms with E-state index in [-0.39, 0.29) is 6.61 Å². The minimum absolute atomic E-state index is 0.0493. The van der Waals surface area contributed by atoms with Gasteiger partial charge in [0.15, 0.2) is 5.82 Å². The number of aromatic nitrogens is 2. The number of aliphatic hydroxyl groups excluding tert-OH is 1. The van der Waals surface area contributed by atoms with Crippen molar-refractivity contribution in [2.45, 2.75) is 12.8 Å². The lowest BCUT2D eigenvalue weighted by Crippen LogP contribution is -2.11. The van der Waals surface area contributed by atoms with Crippen molar-refractivity contribution in [2.24, 2.45) is 0 Å². The van der Waals surface area contributed by atoms with E-state index in [2.05, 4.69) is 15.5 Å². The summed E-state index contributed by atoms with van der Waals surface area (Å²) in [6.07, 6.45) is 1.19. The number of nitrogens with one attached hydrogen (secondary N) is 1. The van der Waals surface area contributed by atoms with Crippen molar-refractivity contribution in [3.05, 3.63) is 11.7 Å². The first-order valence-corrected chi connectivity index (χ1v) is 3.93. The highest BCUT2D eigenvalue weighted by molar-refractivity contribution is 4.86. The highest BCUT2D eigenvalue weighted by Gasteiger charge is 2.03. The van der Waals surface area contributed by atoms with Gasteiger partial charge in [0.05, 0.1) is 13.0 Å². The highest BCUT2D eigenvalue weighted by atomic mass is 16.5. The van der Waals surface area contributed by atoms with Gasteiger partial charge in [-0.2, -0.15) is 4.98 Å². The third kappa shape index (κ3) is 2.60. The van der Waals surface area contributed by atoms with Crippen molar-refractivity contribution >= 4 is 0 Å². The number of hydrogen-bond donors (Lipinski definition) is 2. The number of nitrogens with zero attached hydrogens (tertiary/aromatic N) is 2. The Morgan fingerprint density at radius 3 is 3.00 bits per heavy atom. The maximum Gasteiger partial charge on any atom is 0.228 e. The lowest BCUT2D eigenvalue weighted by Gasteiger charge is -1.90. The summed E-state index contributed by atoms with van der Waals surface area (Å²) >= 11 is 0. The number of likely N-dealkylation sites (N-methyl/N-ethyl adjacent to an activating group) is 1. The van der Waals surface area contributed by atoms with Crippen molar-refractivity contribution in [1.29, 1.82) is 0 Å². The fourth-order valence-electron chi connectivity index (χ4n) is 0.826. The topological polar surface area (TPSA) is 71.2 Å². The monoisotopic (exact) mass is 171 g/mol. The molecule has 0 atom stereocenters. The normalized spacial score (nSPS) is 10.5. The Labute approximate surface area is 70.8 Å². The summed E-state index contributed by atoms with van der Waals surface area (Å²) in [5, 5.41) is 15.3. The molecule has 68 valence electrons. The zero-order valence-corrected chi connectivity index (χ0v) is 7.08. The van der Waals surface area contributed by atoms with Crippen LogP contribution in [0.3, 0.4) is 0 Å². The smallest absolute Gasteiger partial charge is 0.228 e. The summed E-state index contributed by atoms with van der Waals surface area (Å²) in [5.74, 6) is 1.19. The van der Waals surface area contributed by atoms with Crippen molar-refractivity contribution in [3.8, 4) is 0 Å². The average molecular weight is 171 g/mol. The van der Waals surface area contributed by atoms with Crippen molar-refractivity contribution in [1.82, 2.24) is 15.5 Å². The van der Waals surface area contributed by atoms with E-state index in [0.29, 0.717) is 18.1 Å². The van der Waals surface area contributed by atoms with E-state index in [9.17, 15) is 0 Å². The van der Waals surface area contributed by atoms with Crippen LogP contribution in [-0.4, -0.2) is 35.4 Å². The van der Waals surface area contributed by atoms with E-state index in [1.54, 1.807) is 0 Å². The zero-order chi connectivity index (χ0) is 8.81. The Hall–Kier alpha value is -0.940. The summed E-state index contributed by atoms with van der Waals surface area (Å²) in [6, 6.07) is 0. The van der Waals surface area contributed by atoms with Crippen LogP contribution in [0.25, 0.3) is 0 Å². The molecule has 0 saturated heterocycles. The summed E-state index contributed by atoms with van der Waals surface area (Å²) in [6.45, 7) is 0.881. The minimum atomic E-state index is 0.0493. The largest absolute Gasteiger partial charge is 0.396 e. The van der Waals surface area contributed by atoms with E-state index in [4.69, 9.17) is 9.63 Å². The molecular formula is C7H13N3O2. The molecular weight excluding hydrogens is 158 g/mol. The van der Waals surface area contributed by atoms with Gasteiger partial charge in [-0.1, -0.05) is 5.16 Å². The van der Waals surface area contributed by atoms with Crippen LogP contribution in [0.15, 0.2) is 4.52 Å². The van der Waals surface area contributed by atoms with E-state index < -0.39 is 0 Å². The summed E-state index contributed by atoms with van der Waals surface area (Å²) in [4.78, 5) is 4.06. The molecule has 5 heteroatoms. The quantitative estimate of drug-likeness (QED) is 0.617. The second kappa shape index (κ2) is 4.84. The SMILES string of the molecule is CNCCc1noc(CCO)n1. The Morgan fingerprint density at radius 2 is 2.33 bits per heavy atom. The first-order chi connectivity index (χ1) is 5.86. The van der Waals surface area contributed by atoms with Gasteiger partial charge in [0.25, 0.3) is 0 Å². The molecule has 0 aliphatic heterocycles. The fourth-order valence-corrected chi connectivity index (χ4v) is 0.826. The van der Waals surface area contributed by atoms with Crippen LogP contribution < -0.4 is 5.32 Å². The van der Waals surface area contributed by atoms with Gasteiger partial charge >= 0.3 is 0 Å². The number of aliphatic hydroxyl groups is 1. The Kier molecular flexibility index (Phi) is 3.69. The molecule has 0 spiro atoms. The Balaban J connectivity index is 2.41. The molecule has 0 fully saturated rings. The molecule has 1 aromatic rings. The summed E-state index contributed by atoms with van der Waals surface area (Å²) < 4.78 is 4.85. The molecule has 0 aromatic carbocycles. The third-order valence-corrected chi connectivity index (χ3v) is 1.43. The molecule has 1 aromatic heterocycles. The maximum atomic E-state index is 8.56. The lowest BCUT2D eigenvalue weighted by atomic mass is 10.4. The second-order valence-electron chi connectivity index (χ2n) is 2.43. The van der Waals surface area contributed by atoms with Gasteiger partial charge in [-0.3, -0.25) is 0 Å². The van der Waals surface area contributed by atoms with E-state index >= 15 is 0 Å². The lowest BCUT2D eigenvalue weighted by molar-refractivity contribution is 0.274. The van der Waals surface area contributed by atoms with E-state index in [1.165, 1.54) is 0 Å². The van der Waals surface area contributed by atoms with Gasteiger partial charge < -0.3 is 14.9 Å². The van der Waals surface area contributed by atoms with Crippen LogP contribution in [0.1, 0.15) is 11.7 Å². The van der Waals surface area contributed by atoms with E-state index in [1.807, 2.05) is 7.05 Å². The molecule has 0 unspecified atom stereocenters. The van der Waals surface area contributed by atoms with Crippen molar-refractivity contribution < 1.29 is 9.63 Å². The molecule has 0 aliphatic rings. The standard InChI is InChI=1S/C7H13N3O2/c1-8-4-2-6-9-7(3-5-11)12-10-6/h8,11H,2-5H2,1H3. The zero-order valence-electron chi connectivity index (χ0n) is 7.08. The van der Waals surface area contributed by atoms with Crippen molar-refractivity contribution in [3.63, 3.8) is 0 Å². The molecule has 5 nitrogen and oxygen atoms in total. The van der Waals surface area contributed by atoms with Crippen LogP contribution in [0.2, 0.25) is 0 Å². The van der Waals surface area contributed by atoms with Crippen LogP contribution in [0, 0.1) is 0 Å². The predicted octanol–water partition coefficient (Wildman–Crippen LogP) is -0.634. The van der Waals surface area contributed by atoms with Gasteiger partial charge in [0.1, 0.15) is 0 Å². The maximum absolute atomic E-state index is 8.56. The fraction of sp³-hybridized carbons (Fsp3) is 0.714. The van der Waals surface area contributed by atoms with Gasteiger partial charge in [-0.15, -0.1) is 0 Å². The van der Waals surface area contributed by atoms with Crippen molar-refractivity contribution in [2.75, 3.05) is 20.2 Å². The molecule has 2 N–H and O–H groups in total. The first-order valence-electron chi connectivity index (χ1n) is 3.93. The summed E-state index contributed by atoms with van der Waals surface area (Å²) in [7, 11) is 1.87. The molecule has 0 radical (unpaired) electrons. The first kappa shape index (κ1) is 9.15. The van der Waals surface area contributed by atoms with Gasteiger partial charge in [-0.25, -0.2) is 0 Å². The molecule has 0 bridgehead atoms. The average Bonchev–Trinajstić information content (AvgIpc) is 2.50. The Morgan fingerprint density at radius 1 is 1.50 bits per heavy atom. The number of rotatable bonds is 5. The Bertz CT molecular complexity index is 224. The molecule has 0 saturated carbocycles. The molecule has 0 amide bonds. The van der Waals surface area contributed by atoms with Crippen LogP contribution in [0.5, 0.6) is 0 Å².